The summed E-state index contributed by atoms with van der Waals surface area (Å²) in [6, 6.07) is 0. The maximum atomic E-state index is 12.6. The standard InChI is InChI=1S/C47H80NO8P/c1-5-7-9-11-13-15-17-19-21-23-25-27-29-31-33-35-37-39-46(49)53-43-45(44-55-57(51,52)54-42-41-48(3)4)56-47(50)40-38-36-34-32-30-28-26-24-22-20-18-16-14-12-10-8-6-2/h13-16,19-22,25-28,32,34,45H,5-12,17-18,23-24,29-31,33,35-44H2,1-4H3,(H,51,52)/b15-13-,16-14-,21-19-,22-20-,27-25-,28-26-,34-32-. The van der Waals surface area contributed by atoms with Crippen LogP contribution in [0.15, 0.2) is 85.1 Å². The lowest BCUT2D eigenvalue weighted by Crippen LogP contribution is -2.29. The Morgan fingerprint density at radius 2 is 0.965 bits per heavy atom. The first-order valence-corrected chi connectivity index (χ1v) is 23.4. The zero-order chi connectivity index (χ0) is 41.9. The molecule has 0 aliphatic carbocycles. The van der Waals surface area contributed by atoms with Crippen molar-refractivity contribution >= 4 is 19.8 Å². The second-order valence-electron chi connectivity index (χ2n) is 14.5. The minimum Gasteiger partial charge on any atom is -0.462 e. The van der Waals surface area contributed by atoms with Gasteiger partial charge in [-0.3, -0.25) is 18.6 Å². The lowest BCUT2D eigenvalue weighted by molar-refractivity contribution is -0.161. The van der Waals surface area contributed by atoms with E-state index in [9.17, 15) is 19.0 Å². The molecule has 0 rings (SSSR count). The molecule has 2 atom stereocenters. The molecule has 0 saturated heterocycles. The van der Waals surface area contributed by atoms with Gasteiger partial charge in [0.2, 0.25) is 0 Å². The van der Waals surface area contributed by atoms with Gasteiger partial charge in [-0.15, -0.1) is 0 Å². The molecule has 0 aliphatic rings. The normalized spacial score (nSPS) is 14.2. The van der Waals surface area contributed by atoms with E-state index >= 15 is 0 Å². The van der Waals surface area contributed by atoms with Crippen LogP contribution in [0.2, 0.25) is 0 Å². The molecule has 10 heteroatoms. The highest BCUT2D eigenvalue weighted by Crippen LogP contribution is 2.43. The molecule has 0 amide bonds. The highest BCUT2D eigenvalue weighted by atomic mass is 31.2. The molecule has 0 aromatic heterocycles. The van der Waals surface area contributed by atoms with Gasteiger partial charge in [0.05, 0.1) is 13.2 Å². The summed E-state index contributed by atoms with van der Waals surface area (Å²) in [7, 11) is -0.761. The summed E-state index contributed by atoms with van der Waals surface area (Å²) in [5, 5.41) is 0. The third-order valence-electron chi connectivity index (χ3n) is 8.67. The number of hydrogen-bond acceptors (Lipinski definition) is 8. The first-order valence-electron chi connectivity index (χ1n) is 21.9. The SMILES string of the molecule is CCCCC/C=C\C/C=C\C/C=C\C/C=C\CCCC(=O)OC(COC(=O)CCCCCC/C=C\C/C=C\C/C=C\CCCCC)COP(=O)(O)OCCN(C)C. The molecule has 0 fully saturated rings. The number of hydrogen-bond donors (Lipinski definition) is 1. The zero-order valence-corrected chi connectivity index (χ0v) is 37.1. The van der Waals surface area contributed by atoms with Crippen LogP contribution in [0, 0.1) is 0 Å². The molecule has 0 aliphatic heterocycles. The number of nitrogens with zero attached hydrogens (tertiary/aromatic N) is 1. The second kappa shape index (κ2) is 41.4. The van der Waals surface area contributed by atoms with E-state index in [1.807, 2.05) is 20.2 Å². The van der Waals surface area contributed by atoms with E-state index < -0.39 is 32.5 Å². The molecular weight excluding hydrogens is 737 g/mol. The van der Waals surface area contributed by atoms with E-state index in [4.69, 9.17) is 18.5 Å². The van der Waals surface area contributed by atoms with Crippen LogP contribution < -0.4 is 0 Å². The Morgan fingerprint density at radius 1 is 0.544 bits per heavy atom. The Hall–Kier alpha value is -2.81. The molecule has 0 aromatic carbocycles. The Bertz CT molecular complexity index is 1220. The number of likely N-dealkylation sites (N-methyl/N-ethyl adjacent to an activating group) is 1. The lowest BCUT2D eigenvalue weighted by Gasteiger charge is -2.20. The molecule has 9 nitrogen and oxygen atoms in total. The maximum Gasteiger partial charge on any atom is 0.472 e. The van der Waals surface area contributed by atoms with Crippen molar-refractivity contribution in [3.8, 4) is 0 Å². The highest BCUT2D eigenvalue weighted by molar-refractivity contribution is 7.47. The van der Waals surface area contributed by atoms with Crippen molar-refractivity contribution < 1.29 is 37.6 Å². The summed E-state index contributed by atoms with van der Waals surface area (Å²) >= 11 is 0. The third-order valence-corrected chi connectivity index (χ3v) is 9.66. The predicted octanol–water partition coefficient (Wildman–Crippen LogP) is 12.7. The molecule has 0 aromatic rings. The van der Waals surface area contributed by atoms with Crippen molar-refractivity contribution in [3.05, 3.63) is 85.1 Å². The number of carbonyl (C=O) groups is 2. The first-order chi connectivity index (χ1) is 27.7. The van der Waals surface area contributed by atoms with Crippen LogP contribution in [0.4, 0.5) is 0 Å². The van der Waals surface area contributed by atoms with E-state index in [0.717, 1.165) is 57.8 Å². The minimum absolute atomic E-state index is 0.0112. The van der Waals surface area contributed by atoms with E-state index in [0.29, 0.717) is 25.8 Å². The third kappa shape index (κ3) is 42.6. The van der Waals surface area contributed by atoms with Gasteiger partial charge in [-0.2, -0.15) is 0 Å². The van der Waals surface area contributed by atoms with Crippen molar-refractivity contribution in [2.24, 2.45) is 0 Å². The van der Waals surface area contributed by atoms with Gasteiger partial charge in [0.15, 0.2) is 6.10 Å². The van der Waals surface area contributed by atoms with Gasteiger partial charge in [0, 0.05) is 19.4 Å². The van der Waals surface area contributed by atoms with Crippen molar-refractivity contribution in [1.29, 1.82) is 0 Å². The quantitative estimate of drug-likeness (QED) is 0.0280. The van der Waals surface area contributed by atoms with Crippen LogP contribution >= 0.6 is 7.82 Å². The fraction of sp³-hybridized carbons (Fsp3) is 0.660. The Balaban J connectivity index is 4.45. The van der Waals surface area contributed by atoms with Crippen LogP contribution in [0.3, 0.4) is 0 Å². The van der Waals surface area contributed by atoms with Crippen LogP contribution in [-0.4, -0.2) is 68.3 Å². The largest absolute Gasteiger partial charge is 0.472 e. The Kier molecular flexibility index (Phi) is 39.3. The van der Waals surface area contributed by atoms with Gasteiger partial charge < -0.3 is 19.3 Å². The topological polar surface area (TPSA) is 112 Å². The molecule has 0 radical (unpaired) electrons. The molecule has 326 valence electrons. The van der Waals surface area contributed by atoms with Gasteiger partial charge in [-0.25, -0.2) is 4.57 Å². The number of esters is 2. The maximum absolute atomic E-state index is 12.6. The molecule has 0 heterocycles. The molecular formula is C47H80NO8P. The van der Waals surface area contributed by atoms with Crippen LogP contribution in [0.25, 0.3) is 0 Å². The second-order valence-corrected chi connectivity index (χ2v) is 16.0. The summed E-state index contributed by atoms with van der Waals surface area (Å²) in [4.78, 5) is 37.0. The molecule has 0 spiro atoms. The van der Waals surface area contributed by atoms with Crippen LogP contribution in [0.5, 0.6) is 0 Å². The summed E-state index contributed by atoms with van der Waals surface area (Å²) < 4.78 is 33.4. The number of allylic oxidation sites excluding steroid dienone is 14. The summed E-state index contributed by atoms with van der Waals surface area (Å²) in [6.45, 7) is 4.15. The van der Waals surface area contributed by atoms with E-state index in [1.165, 1.54) is 51.4 Å². The van der Waals surface area contributed by atoms with Crippen LogP contribution in [0.1, 0.15) is 155 Å². The average Bonchev–Trinajstić information content (AvgIpc) is 3.18. The summed E-state index contributed by atoms with van der Waals surface area (Å²) in [5.74, 6) is -0.902. The summed E-state index contributed by atoms with van der Waals surface area (Å²) in [6.07, 6.45) is 50.6. The lowest BCUT2D eigenvalue weighted by atomic mass is 10.1. The van der Waals surface area contributed by atoms with E-state index in [-0.39, 0.29) is 26.1 Å². The Morgan fingerprint density at radius 3 is 1.44 bits per heavy atom. The van der Waals surface area contributed by atoms with Crippen molar-refractivity contribution in [3.63, 3.8) is 0 Å². The Labute approximate surface area is 348 Å². The fourth-order valence-corrected chi connectivity index (χ4v) is 6.01. The highest BCUT2D eigenvalue weighted by Gasteiger charge is 2.26. The molecule has 2 unspecified atom stereocenters. The molecule has 1 N–H and O–H groups in total. The predicted molar refractivity (Wildman–Crippen MR) is 238 cm³/mol. The van der Waals surface area contributed by atoms with Crippen molar-refractivity contribution in [2.75, 3.05) is 40.5 Å². The minimum atomic E-state index is -4.39. The molecule has 0 saturated carbocycles. The van der Waals surface area contributed by atoms with Crippen molar-refractivity contribution in [2.45, 2.75) is 161 Å². The number of phosphoric acid groups is 1. The van der Waals surface area contributed by atoms with Crippen molar-refractivity contribution in [1.82, 2.24) is 4.90 Å². The number of carbonyl (C=O) groups excluding carboxylic acids is 2. The monoisotopic (exact) mass is 818 g/mol. The molecule has 0 bridgehead atoms. The van der Waals surface area contributed by atoms with Gasteiger partial charge in [0.25, 0.3) is 0 Å². The van der Waals surface area contributed by atoms with Gasteiger partial charge in [-0.05, 0) is 104 Å². The van der Waals surface area contributed by atoms with E-state index in [1.54, 1.807) is 4.90 Å². The fourth-order valence-electron chi connectivity index (χ4n) is 5.27. The number of rotatable bonds is 39. The smallest absolute Gasteiger partial charge is 0.462 e. The van der Waals surface area contributed by atoms with E-state index in [2.05, 4.69) is 92.8 Å². The van der Waals surface area contributed by atoms with Gasteiger partial charge in [0.1, 0.15) is 6.61 Å². The van der Waals surface area contributed by atoms with Crippen LogP contribution in [-0.2, 0) is 32.7 Å². The number of unbranched alkanes of at least 4 members (excludes halogenated alkanes) is 11. The number of ether oxygens (including phenoxy) is 2. The zero-order valence-electron chi connectivity index (χ0n) is 36.2. The molecule has 57 heavy (non-hydrogen) atoms. The average molecular weight is 818 g/mol. The van der Waals surface area contributed by atoms with Gasteiger partial charge >= 0.3 is 19.8 Å². The first kappa shape index (κ1) is 54.2. The summed E-state index contributed by atoms with van der Waals surface area (Å²) in [5.41, 5.74) is 0. The number of phosphoric ester groups is 1. The van der Waals surface area contributed by atoms with Gasteiger partial charge in [-0.1, -0.05) is 137 Å².